The van der Waals surface area contributed by atoms with Crippen LogP contribution in [0.5, 0.6) is 0 Å². The molecular formula is C11H16N4O2S3. The van der Waals surface area contributed by atoms with E-state index in [9.17, 15) is 8.42 Å². The number of rotatable bonds is 7. The predicted octanol–water partition coefficient (Wildman–Crippen LogP) is 2.21. The van der Waals surface area contributed by atoms with E-state index in [2.05, 4.69) is 27.2 Å². The van der Waals surface area contributed by atoms with Crippen molar-refractivity contribution in [2.75, 3.05) is 11.3 Å². The molecule has 2 aromatic rings. The van der Waals surface area contributed by atoms with Crippen molar-refractivity contribution >= 4 is 37.8 Å². The van der Waals surface area contributed by atoms with Crippen LogP contribution >= 0.6 is 22.7 Å². The van der Waals surface area contributed by atoms with Gasteiger partial charge in [0.2, 0.25) is 5.13 Å². The maximum atomic E-state index is 12.2. The van der Waals surface area contributed by atoms with Crippen LogP contribution in [-0.4, -0.2) is 25.2 Å². The monoisotopic (exact) mass is 332 g/mol. The van der Waals surface area contributed by atoms with Gasteiger partial charge < -0.3 is 5.32 Å². The number of anilines is 1. The van der Waals surface area contributed by atoms with Crippen LogP contribution in [0.1, 0.15) is 23.8 Å². The Labute approximate surface area is 126 Å². The van der Waals surface area contributed by atoms with Gasteiger partial charge in [-0.05, 0) is 31.5 Å². The highest BCUT2D eigenvalue weighted by Gasteiger charge is 2.20. The number of aromatic nitrogens is 2. The summed E-state index contributed by atoms with van der Waals surface area (Å²) in [5, 5.41) is 10.9. The van der Waals surface area contributed by atoms with Crippen molar-refractivity contribution in [3.8, 4) is 0 Å². The zero-order valence-electron chi connectivity index (χ0n) is 11.2. The molecule has 0 unspecified atom stereocenters. The lowest BCUT2D eigenvalue weighted by molar-refractivity contribution is 0.603. The molecule has 0 aromatic carbocycles. The van der Waals surface area contributed by atoms with Gasteiger partial charge in [-0.3, -0.25) is 4.72 Å². The molecule has 2 rings (SSSR count). The molecule has 0 aliphatic carbocycles. The molecule has 0 aliphatic heterocycles. The average Bonchev–Trinajstić information content (AvgIpc) is 3.00. The Hall–Kier alpha value is -1.03. The molecule has 110 valence electrons. The second-order valence-electron chi connectivity index (χ2n) is 4.20. The predicted molar refractivity (Wildman–Crippen MR) is 81.8 cm³/mol. The highest BCUT2D eigenvalue weighted by Crippen LogP contribution is 2.27. The van der Waals surface area contributed by atoms with Crippen molar-refractivity contribution in [3.05, 3.63) is 22.0 Å². The van der Waals surface area contributed by atoms with E-state index in [-0.39, 0.29) is 5.13 Å². The number of thiophene rings is 1. The molecule has 9 heteroatoms. The molecule has 0 spiro atoms. The lowest BCUT2D eigenvalue weighted by Crippen LogP contribution is -2.13. The van der Waals surface area contributed by atoms with Gasteiger partial charge in [-0.1, -0.05) is 18.3 Å². The van der Waals surface area contributed by atoms with Crippen molar-refractivity contribution < 1.29 is 8.42 Å². The lowest BCUT2D eigenvalue weighted by Gasteiger charge is -2.02. The summed E-state index contributed by atoms with van der Waals surface area (Å²) < 4.78 is 27.2. The van der Waals surface area contributed by atoms with Crippen molar-refractivity contribution in [2.45, 2.75) is 31.0 Å². The van der Waals surface area contributed by atoms with Crippen LogP contribution in [0.4, 0.5) is 5.13 Å². The molecule has 0 atom stereocenters. The molecule has 2 heterocycles. The Kier molecular flexibility index (Phi) is 5.08. The van der Waals surface area contributed by atoms with Gasteiger partial charge in [-0.2, -0.15) is 0 Å². The number of sulfonamides is 1. The highest BCUT2D eigenvalue weighted by atomic mass is 32.2. The Bertz CT molecular complexity index is 649. The molecule has 0 amide bonds. The molecule has 2 N–H and O–H groups in total. The Morgan fingerprint density at radius 2 is 2.20 bits per heavy atom. The van der Waals surface area contributed by atoms with Crippen LogP contribution < -0.4 is 10.0 Å². The minimum Gasteiger partial charge on any atom is -0.312 e. The number of hydrogen-bond donors (Lipinski definition) is 2. The first-order valence-corrected chi connectivity index (χ1v) is 9.30. The fraction of sp³-hybridized carbons (Fsp3) is 0.455. The van der Waals surface area contributed by atoms with Crippen LogP contribution in [0.2, 0.25) is 0 Å². The van der Waals surface area contributed by atoms with Gasteiger partial charge in [-0.15, -0.1) is 21.5 Å². The summed E-state index contributed by atoms with van der Waals surface area (Å²) >= 11 is 2.43. The maximum Gasteiger partial charge on any atom is 0.273 e. The van der Waals surface area contributed by atoms with Gasteiger partial charge in [-0.25, -0.2) is 8.42 Å². The molecule has 0 aliphatic rings. The summed E-state index contributed by atoms with van der Waals surface area (Å²) in [6.07, 6.45) is 1.05. The van der Waals surface area contributed by atoms with Crippen molar-refractivity contribution in [2.24, 2.45) is 0 Å². The van der Waals surface area contributed by atoms with Crippen LogP contribution in [0.25, 0.3) is 0 Å². The van der Waals surface area contributed by atoms with Gasteiger partial charge in [0.25, 0.3) is 10.0 Å². The van der Waals surface area contributed by atoms with Crippen LogP contribution in [0.15, 0.2) is 15.8 Å². The topological polar surface area (TPSA) is 84.0 Å². The van der Waals surface area contributed by atoms with E-state index in [4.69, 9.17) is 0 Å². The zero-order valence-corrected chi connectivity index (χ0v) is 13.7. The first-order valence-electron chi connectivity index (χ1n) is 6.12. The van der Waals surface area contributed by atoms with E-state index < -0.39 is 10.0 Å². The molecule has 20 heavy (non-hydrogen) atoms. The molecule has 0 saturated carbocycles. The number of hydrogen-bond acceptors (Lipinski definition) is 7. The van der Waals surface area contributed by atoms with E-state index in [1.807, 2.05) is 6.92 Å². The first kappa shape index (κ1) is 15.4. The Balaban J connectivity index is 2.14. The average molecular weight is 332 g/mol. The van der Waals surface area contributed by atoms with Gasteiger partial charge in [0.15, 0.2) is 0 Å². The second-order valence-corrected chi connectivity index (χ2v) is 8.08. The van der Waals surface area contributed by atoms with Crippen LogP contribution in [-0.2, 0) is 16.6 Å². The lowest BCUT2D eigenvalue weighted by atomic mass is 10.3. The molecule has 0 saturated heterocycles. The standard InChI is InChI=1S/C11H16N4O2S3/c1-3-4-12-6-9-8(2)5-10(19-9)20(16,17)15-11-14-13-7-18-11/h5,7,12H,3-4,6H2,1-2H3,(H,14,15). The van der Waals surface area contributed by atoms with E-state index in [0.29, 0.717) is 10.8 Å². The third-order valence-electron chi connectivity index (χ3n) is 2.56. The normalized spacial score (nSPS) is 11.7. The molecule has 2 aromatic heterocycles. The highest BCUT2D eigenvalue weighted by molar-refractivity contribution is 7.94. The van der Waals surface area contributed by atoms with Crippen LogP contribution in [0, 0.1) is 6.92 Å². The Morgan fingerprint density at radius 3 is 2.85 bits per heavy atom. The van der Waals surface area contributed by atoms with Crippen molar-refractivity contribution in [1.29, 1.82) is 0 Å². The van der Waals surface area contributed by atoms with Gasteiger partial charge in [0.1, 0.15) is 9.72 Å². The summed E-state index contributed by atoms with van der Waals surface area (Å²) in [7, 11) is -3.57. The Morgan fingerprint density at radius 1 is 1.40 bits per heavy atom. The summed E-state index contributed by atoms with van der Waals surface area (Å²) in [4.78, 5) is 1.04. The van der Waals surface area contributed by atoms with Gasteiger partial charge in [0.05, 0.1) is 0 Å². The molecule has 0 radical (unpaired) electrons. The molecule has 0 fully saturated rings. The minimum absolute atomic E-state index is 0.279. The van der Waals surface area contributed by atoms with E-state index in [1.54, 1.807) is 6.07 Å². The first-order chi connectivity index (χ1) is 9.53. The van der Waals surface area contributed by atoms with Crippen molar-refractivity contribution in [3.63, 3.8) is 0 Å². The van der Waals surface area contributed by atoms with Crippen LogP contribution in [0.3, 0.4) is 0 Å². The smallest absolute Gasteiger partial charge is 0.273 e. The van der Waals surface area contributed by atoms with Gasteiger partial charge in [0, 0.05) is 11.4 Å². The summed E-state index contributed by atoms with van der Waals surface area (Å²) in [5.41, 5.74) is 2.47. The van der Waals surface area contributed by atoms with E-state index in [0.717, 1.165) is 34.7 Å². The number of aryl methyl sites for hydroxylation is 1. The fourth-order valence-corrected chi connectivity index (χ4v) is 4.81. The summed E-state index contributed by atoms with van der Waals surface area (Å²) in [6, 6.07) is 1.69. The number of nitrogens with one attached hydrogen (secondary N) is 2. The third kappa shape index (κ3) is 3.75. The fourth-order valence-electron chi connectivity index (χ4n) is 1.56. The largest absolute Gasteiger partial charge is 0.312 e. The molecule has 0 bridgehead atoms. The summed E-state index contributed by atoms with van der Waals surface area (Å²) in [6.45, 7) is 5.63. The number of nitrogens with zero attached hydrogens (tertiary/aromatic N) is 2. The van der Waals surface area contributed by atoms with Gasteiger partial charge >= 0.3 is 0 Å². The van der Waals surface area contributed by atoms with Crippen molar-refractivity contribution in [1.82, 2.24) is 15.5 Å². The second kappa shape index (κ2) is 6.61. The quantitative estimate of drug-likeness (QED) is 0.760. The van der Waals surface area contributed by atoms with E-state index >= 15 is 0 Å². The SMILES string of the molecule is CCCNCc1sc(S(=O)(=O)Nc2nncs2)cc1C. The maximum absolute atomic E-state index is 12.2. The molecule has 6 nitrogen and oxygen atoms in total. The minimum atomic E-state index is -3.57. The summed E-state index contributed by atoms with van der Waals surface area (Å²) in [5.74, 6) is 0. The zero-order chi connectivity index (χ0) is 14.6. The molecular weight excluding hydrogens is 316 g/mol. The van der Waals surface area contributed by atoms with E-state index in [1.165, 1.54) is 16.8 Å². The third-order valence-corrected chi connectivity index (χ3v) is 6.34.